The van der Waals surface area contributed by atoms with Crippen molar-refractivity contribution in [2.45, 2.75) is 53.1 Å². The largest absolute Gasteiger partial charge is 0.478 e. The predicted octanol–water partition coefficient (Wildman–Crippen LogP) is 4.91. The number of carboxylic acids is 1. The number of carboxylic acid groups (broad SMARTS) is 1. The van der Waals surface area contributed by atoms with Gasteiger partial charge in [0, 0.05) is 4.47 Å². The number of esters is 1. The Morgan fingerprint density at radius 1 is 1.27 bits per heavy atom. The van der Waals surface area contributed by atoms with Gasteiger partial charge in [0.05, 0.1) is 11.1 Å². The summed E-state index contributed by atoms with van der Waals surface area (Å²) in [5, 5.41) is 9.25. The van der Waals surface area contributed by atoms with Gasteiger partial charge in [-0.2, -0.15) is 0 Å². The second-order valence-corrected chi connectivity index (χ2v) is 7.31. The van der Waals surface area contributed by atoms with Crippen LogP contribution in [0.1, 0.15) is 67.7 Å². The molecular formula is C17H23BrO4. The topological polar surface area (TPSA) is 63.6 Å². The van der Waals surface area contributed by atoms with Gasteiger partial charge in [-0.3, -0.25) is 0 Å². The molecule has 0 saturated carbocycles. The van der Waals surface area contributed by atoms with E-state index in [4.69, 9.17) is 4.74 Å². The highest BCUT2D eigenvalue weighted by Crippen LogP contribution is 2.28. The van der Waals surface area contributed by atoms with Crippen molar-refractivity contribution in [3.05, 3.63) is 33.8 Å². The first-order valence-electron chi connectivity index (χ1n) is 7.40. The third-order valence-corrected chi connectivity index (χ3v) is 3.96. The average molecular weight is 371 g/mol. The SMILES string of the molecule is CCCCC(OC(=O)c1ccc(Br)cc1C(=O)O)C(C)(C)C. The van der Waals surface area contributed by atoms with Gasteiger partial charge in [0.15, 0.2) is 0 Å². The zero-order chi connectivity index (χ0) is 16.9. The fourth-order valence-electron chi connectivity index (χ4n) is 2.12. The van der Waals surface area contributed by atoms with Crippen LogP contribution in [0.3, 0.4) is 0 Å². The molecule has 1 N–H and O–H groups in total. The summed E-state index contributed by atoms with van der Waals surface area (Å²) in [5.41, 5.74) is -0.159. The van der Waals surface area contributed by atoms with E-state index in [1.807, 2.05) is 20.8 Å². The summed E-state index contributed by atoms with van der Waals surface area (Å²) in [7, 11) is 0. The highest BCUT2D eigenvalue weighted by Gasteiger charge is 2.29. The van der Waals surface area contributed by atoms with E-state index >= 15 is 0 Å². The summed E-state index contributed by atoms with van der Waals surface area (Å²) in [6, 6.07) is 4.54. The monoisotopic (exact) mass is 370 g/mol. The summed E-state index contributed by atoms with van der Waals surface area (Å²) < 4.78 is 6.23. The smallest absolute Gasteiger partial charge is 0.339 e. The summed E-state index contributed by atoms with van der Waals surface area (Å²) in [4.78, 5) is 23.7. The minimum absolute atomic E-state index is 0.0532. The van der Waals surface area contributed by atoms with Crippen molar-refractivity contribution in [3.63, 3.8) is 0 Å². The van der Waals surface area contributed by atoms with Crippen LogP contribution in [0.25, 0.3) is 0 Å². The maximum absolute atomic E-state index is 12.4. The highest BCUT2D eigenvalue weighted by molar-refractivity contribution is 9.10. The first kappa shape index (κ1) is 18.7. The lowest BCUT2D eigenvalue weighted by Gasteiger charge is -2.30. The second-order valence-electron chi connectivity index (χ2n) is 6.40. The van der Waals surface area contributed by atoms with Crippen LogP contribution in [0.5, 0.6) is 0 Å². The zero-order valence-corrected chi connectivity index (χ0v) is 15.1. The molecule has 1 atom stereocenters. The van der Waals surface area contributed by atoms with E-state index in [0.29, 0.717) is 4.47 Å². The van der Waals surface area contributed by atoms with E-state index in [-0.39, 0.29) is 22.6 Å². The van der Waals surface area contributed by atoms with Gasteiger partial charge in [-0.1, -0.05) is 56.5 Å². The Balaban J connectivity index is 3.02. The Hall–Kier alpha value is -1.36. The van der Waals surface area contributed by atoms with Crippen molar-refractivity contribution in [3.8, 4) is 0 Å². The number of hydrogen-bond donors (Lipinski definition) is 1. The van der Waals surface area contributed by atoms with Crippen molar-refractivity contribution in [2.75, 3.05) is 0 Å². The van der Waals surface area contributed by atoms with Crippen LogP contribution in [0.4, 0.5) is 0 Å². The third kappa shape index (κ3) is 5.13. The van der Waals surface area contributed by atoms with E-state index in [2.05, 4.69) is 22.9 Å². The molecule has 0 heterocycles. The van der Waals surface area contributed by atoms with Gasteiger partial charge in [0.25, 0.3) is 0 Å². The molecule has 1 rings (SSSR count). The van der Waals surface area contributed by atoms with Crippen molar-refractivity contribution < 1.29 is 19.4 Å². The van der Waals surface area contributed by atoms with Crippen molar-refractivity contribution >= 4 is 27.9 Å². The molecule has 122 valence electrons. The molecule has 5 heteroatoms. The molecule has 22 heavy (non-hydrogen) atoms. The number of rotatable bonds is 6. The number of carbonyl (C=O) groups excluding carboxylic acids is 1. The van der Waals surface area contributed by atoms with Gasteiger partial charge < -0.3 is 9.84 Å². The van der Waals surface area contributed by atoms with Gasteiger partial charge in [0.1, 0.15) is 6.10 Å². The van der Waals surface area contributed by atoms with Gasteiger partial charge in [-0.15, -0.1) is 0 Å². The van der Waals surface area contributed by atoms with Crippen LogP contribution in [-0.2, 0) is 4.74 Å². The number of aromatic carboxylic acids is 1. The van der Waals surface area contributed by atoms with Crippen molar-refractivity contribution in [2.24, 2.45) is 5.41 Å². The second kappa shape index (κ2) is 7.77. The standard InChI is InChI=1S/C17H23BrO4/c1-5-6-7-14(17(2,3)4)22-16(21)12-9-8-11(18)10-13(12)15(19)20/h8-10,14H,5-7H2,1-4H3,(H,19,20). The summed E-state index contributed by atoms with van der Waals surface area (Å²) in [6.07, 6.45) is 2.50. The molecule has 1 unspecified atom stereocenters. The van der Waals surface area contributed by atoms with Crippen LogP contribution < -0.4 is 0 Å². The number of benzene rings is 1. The third-order valence-electron chi connectivity index (χ3n) is 3.47. The number of halogens is 1. The van der Waals surface area contributed by atoms with E-state index in [1.54, 1.807) is 6.07 Å². The molecule has 0 amide bonds. The normalized spacial score (nSPS) is 12.8. The molecule has 0 aliphatic rings. The average Bonchev–Trinajstić information content (AvgIpc) is 2.41. The predicted molar refractivity (Wildman–Crippen MR) is 89.3 cm³/mol. The molecule has 0 spiro atoms. The Bertz CT molecular complexity index is 546. The maximum Gasteiger partial charge on any atom is 0.339 e. The molecule has 1 aromatic rings. The molecule has 0 fully saturated rings. The Morgan fingerprint density at radius 2 is 1.91 bits per heavy atom. The highest BCUT2D eigenvalue weighted by atomic mass is 79.9. The van der Waals surface area contributed by atoms with Gasteiger partial charge in [0.2, 0.25) is 0 Å². The van der Waals surface area contributed by atoms with Gasteiger partial charge in [-0.25, -0.2) is 9.59 Å². The fourth-order valence-corrected chi connectivity index (χ4v) is 2.48. The lowest BCUT2D eigenvalue weighted by molar-refractivity contribution is -0.00696. The molecule has 0 radical (unpaired) electrons. The lowest BCUT2D eigenvalue weighted by Crippen LogP contribution is -2.32. The van der Waals surface area contributed by atoms with E-state index < -0.39 is 11.9 Å². The lowest BCUT2D eigenvalue weighted by atomic mass is 9.86. The van der Waals surface area contributed by atoms with Crippen LogP contribution >= 0.6 is 15.9 Å². The first-order valence-corrected chi connectivity index (χ1v) is 8.20. The number of hydrogen-bond acceptors (Lipinski definition) is 3. The number of unbranched alkanes of at least 4 members (excludes halogenated alkanes) is 1. The van der Waals surface area contributed by atoms with E-state index in [1.165, 1.54) is 12.1 Å². The quantitative estimate of drug-likeness (QED) is 0.722. The van der Waals surface area contributed by atoms with Crippen LogP contribution in [-0.4, -0.2) is 23.1 Å². The summed E-state index contributed by atoms with van der Waals surface area (Å²) >= 11 is 3.22. The molecule has 0 aliphatic heterocycles. The Kier molecular flexibility index (Phi) is 6.60. The maximum atomic E-state index is 12.4. The molecule has 0 aliphatic carbocycles. The Morgan fingerprint density at radius 3 is 2.41 bits per heavy atom. The van der Waals surface area contributed by atoms with Crippen molar-refractivity contribution in [1.29, 1.82) is 0 Å². The van der Waals surface area contributed by atoms with E-state index in [0.717, 1.165) is 19.3 Å². The first-order chi connectivity index (χ1) is 10.2. The molecular weight excluding hydrogens is 348 g/mol. The summed E-state index contributed by atoms with van der Waals surface area (Å²) in [5.74, 6) is -1.73. The van der Waals surface area contributed by atoms with Crippen LogP contribution in [0.2, 0.25) is 0 Å². The number of ether oxygens (including phenoxy) is 1. The van der Waals surface area contributed by atoms with Crippen LogP contribution in [0, 0.1) is 5.41 Å². The van der Waals surface area contributed by atoms with E-state index in [9.17, 15) is 14.7 Å². The molecule has 1 aromatic carbocycles. The molecule has 0 saturated heterocycles. The summed E-state index contributed by atoms with van der Waals surface area (Å²) in [6.45, 7) is 8.12. The molecule has 4 nitrogen and oxygen atoms in total. The Labute approximate surface area is 140 Å². The van der Waals surface area contributed by atoms with Crippen LogP contribution in [0.15, 0.2) is 22.7 Å². The van der Waals surface area contributed by atoms with Crippen molar-refractivity contribution in [1.82, 2.24) is 0 Å². The molecule has 0 aromatic heterocycles. The fraction of sp³-hybridized carbons (Fsp3) is 0.529. The minimum Gasteiger partial charge on any atom is -0.478 e. The molecule has 0 bridgehead atoms. The minimum atomic E-state index is -1.14. The number of carbonyl (C=O) groups is 2. The van der Waals surface area contributed by atoms with Gasteiger partial charge in [-0.05, 0) is 30.0 Å². The zero-order valence-electron chi connectivity index (χ0n) is 13.5. The van der Waals surface area contributed by atoms with Gasteiger partial charge >= 0.3 is 11.9 Å².